The van der Waals surface area contributed by atoms with Gasteiger partial charge in [-0.2, -0.15) is 13.2 Å². The Morgan fingerprint density at radius 1 is 0.886 bits per heavy atom. The van der Waals surface area contributed by atoms with Crippen LogP contribution in [0.25, 0.3) is 0 Å². The maximum absolute atomic E-state index is 14.0. The van der Waals surface area contributed by atoms with Crippen molar-refractivity contribution in [3.05, 3.63) is 64.7 Å². The zero-order chi connectivity index (χ0) is 31.6. The summed E-state index contributed by atoms with van der Waals surface area (Å²) >= 11 is 6.51. The quantitative estimate of drug-likeness (QED) is 0.410. The minimum atomic E-state index is -5.15. The molecule has 2 aromatic carbocycles. The molecule has 9 nitrogen and oxygen atoms in total. The Hall–Kier alpha value is -3.51. The van der Waals surface area contributed by atoms with Crippen molar-refractivity contribution in [2.24, 2.45) is 17.8 Å². The Bertz CT molecular complexity index is 1360. The summed E-state index contributed by atoms with van der Waals surface area (Å²) in [6.07, 6.45) is -3.32. The maximum Gasteiger partial charge on any atom is 0.430 e. The summed E-state index contributed by atoms with van der Waals surface area (Å²) in [5, 5.41) is 22.1. The third-order valence-electron chi connectivity index (χ3n) is 9.28. The van der Waals surface area contributed by atoms with Crippen LogP contribution >= 0.6 is 11.6 Å². The predicted octanol–water partition coefficient (Wildman–Crippen LogP) is 4.58. The fraction of sp³-hybridized carbons (Fsp3) is 0.516. The molecule has 1 atom stereocenters. The van der Waals surface area contributed by atoms with E-state index in [-0.39, 0.29) is 30.8 Å². The highest BCUT2D eigenvalue weighted by molar-refractivity contribution is 6.34. The molecule has 0 aromatic heterocycles. The van der Waals surface area contributed by atoms with E-state index >= 15 is 0 Å². The normalized spacial score (nSPS) is 20.2. The van der Waals surface area contributed by atoms with E-state index in [1.807, 2.05) is 6.07 Å². The zero-order valence-corrected chi connectivity index (χ0v) is 24.9. The van der Waals surface area contributed by atoms with Gasteiger partial charge in [-0.1, -0.05) is 41.9 Å². The number of alkyl halides is 3. The van der Waals surface area contributed by atoms with Crippen LogP contribution < -0.4 is 10.2 Å². The van der Waals surface area contributed by atoms with Crippen molar-refractivity contribution in [2.45, 2.75) is 37.5 Å². The number of hydrogen-bond donors (Lipinski definition) is 3. The maximum atomic E-state index is 14.0. The molecule has 0 radical (unpaired) electrons. The van der Waals surface area contributed by atoms with Gasteiger partial charge in [-0.15, -0.1) is 0 Å². The fourth-order valence-corrected chi connectivity index (χ4v) is 6.92. The number of halogens is 4. The number of amides is 3. The number of piperidine rings is 2. The first-order valence-corrected chi connectivity index (χ1v) is 15.2. The van der Waals surface area contributed by atoms with Gasteiger partial charge in [0.1, 0.15) is 0 Å². The second kappa shape index (κ2) is 12.8. The van der Waals surface area contributed by atoms with Crippen LogP contribution in [0.4, 0.5) is 23.7 Å². The number of rotatable bonds is 7. The molecular formula is C31H36ClF3N4O5. The van der Waals surface area contributed by atoms with Crippen molar-refractivity contribution >= 4 is 35.2 Å². The number of anilines is 1. The Kier molecular flexibility index (Phi) is 9.31. The number of benzene rings is 2. The summed E-state index contributed by atoms with van der Waals surface area (Å²) in [5.41, 5.74) is -2.75. The number of hydrogen-bond acceptors (Lipinski definition) is 5. The number of carbonyl (C=O) groups is 3. The fourth-order valence-electron chi connectivity index (χ4n) is 6.66. The van der Waals surface area contributed by atoms with Crippen LogP contribution in [0.1, 0.15) is 41.6 Å². The lowest BCUT2D eigenvalue weighted by atomic mass is 9.78. The minimum Gasteiger partial charge on any atom is -0.465 e. The van der Waals surface area contributed by atoms with E-state index in [1.54, 1.807) is 17.0 Å². The van der Waals surface area contributed by atoms with E-state index in [9.17, 15) is 32.7 Å². The largest absolute Gasteiger partial charge is 0.465 e. The Labute approximate surface area is 258 Å². The van der Waals surface area contributed by atoms with Crippen LogP contribution in [0.3, 0.4) is 0 Å². The van der Waals surface area contributed by atoms with Gasteiger partial charge in [-0.25, -0.2) is 4.79 Å². The molecule has 3 N–H and O–H groups in total. The molecule has 13 heteroatoms. The van der Waals surface area contributed by atoms with Crippen molar-refractivity contribution < 1.29 is 37.8 Å². The average Bonchev–Trinajstić information content (AvgIpc) is 2.99. The molecule has 3 fully saturated rings. The minimum absolute atomic E-state index is 0.0829. The molecule has 0 spiro atoms. The SMILES string of the molecule is O=C(O)NCC1CN(C(=O)c2ccc(N3CCC(C4CCN(C(=O)[C@](O)(c5ccccc5)C(F)(F)F)CC4)CC3)cc2Cl)C1. The van der Waals surface area contributed by atoms with E-state index in [1.165, 1.54) is 18.2 Å². The van der Waals surface area contributed by atoms with E-state index < -0.39 is 29.3 Å². The molecule has 3 saturated heterocycles. The molecule has 3 amide bonds. The summed E-state index contributed by atoms with van der Waals surface area (Å²) in [6.45, 7) is 3.08. The lowest BCUT2D eigenvalue weighted by Crippen LogP contribution is -2.57. The van der Waals surface area contributed by atoms with Gasteiger partial charge >= 0.3 is 12.3 Å². The highest BCUT2D eigenvalue weighted by atomic mass is 35.5. The summed E-state index contributed by atoms with van der Waals surface area (Å²) < 4.78 is 42.0. The first-order chi connectivity index (χ1) is 20.9. The summed E-state index contributed by atoms with van der Waals surface area (Å²) in [4.78, 5) is 41.6. The third-order valence-corrected chi connectivity index (χ3v) is 9.59. The van der Waals surface area contributed by atoms with Crippen molar-refractivity contribution in [1.29, 1.82) is 0 Å². The number of nitrogens with zero attached hydrogens (tertiary/aromatic N) is 3. The molecule has 0 aliphatic carbocycles. The average molecular weight is 637 g/mol. The molecule has 44 heavy (non-hydrogen) atoms. The summed E-state index contributed by atoms with van der Waals surface area (Å²) in [6, 6.07) is 11.9. The van der Waals surface area contributed by atoms with Gasteiger partial charge in [-0.3, -0.25) is 9.59 Å². The summed E-state index contributed by atoms with van der Waals surface area (Å²) in [7, 11) is 0. The highest BCUT2D eigenvalue weighted by Crippen LogP contribution is 2.42. The van der Waals surface area contributed by atoms with E-state index in [0.29, 0.717) is 49.0 Å². The van der Waals surface area contributed by atoms with Crippen LogP contribution in [0.2, 0.25) is 5.02 Å². The smallest absolute Gasteiger partial charge is 0.430 e. The van der Waals surface area contributed by atoms with Crippen LogP contribution in [0.5, 0.6) is 0 Å². The molecular weight excluding hydrogens is 601 g/mol. The van der Waals surface area contributed by atoms with Gasteiger partial charge in [-0.05, 0) is 55.7 Å². The predicted molar refractivity (Wildman–Crippen MR) is 158 cm³/mol. The highest BCUT2D eigenvalue weighted by Gasteiger charge is 2.62. The second-order valence-electron chi connectivity index (χ2n) is 12.0. The van der Waals surface area contributed by atoms with Gasteiger partial charge in [0, 0.05) is 63.0 Å². The first-order valence-electron chi connectivity index (χ1n) is 14.8. The van der Waals surface area contributed by atoms with Crippen LogP contribution in [0.15, 0.2) is 48.5 Å². The standard InChI is InChI=1S/C31H36ClF3N4O5/c32-26-16-24(6-7-25(26)27(40)39-18-20(19-39)17-36-29(42)43)37-12-8-21(9-13-37)22-10-14-38(15-11-22)28(41)30(44,31(33,34)35)23-4-2-1-3-5-23/h1-7,16,20-22,36,44H,8-15,17-19H2,(H,42,43)/t30-/m1/s1. The number of carboxylic acid groups (broad SMARTS) is 1. The van der Waals surface area contributed by atoms with E-state index in [4.69, 9.17) is 16.7 Å². The molecule has 238 valence electrons. The molecule has 0 unspecified atom stereocenters. The topological polar surface area (TPSA) is 113 Å². The Morgan fingerprint density at radius 2 is 1.48 bits per heavy atom. The van der Waals surface area contributed by atoms with Crippen LogP contribution in [-0.4, -0.2) is 89.9 Å². The number of nitrogens with one attached hydrogen (secondary N) is 1. The van der Waals surface area contributed by atoms with E-state index in [2.05, 4.69) is 10.2 Å². The van der Waals surface area contributed by atoms with Gasteiger partial charge in [0.2, 0.25) is 0 Å². The molecule has 0 bridgehead atoms. The van der Waals surface area contributed by atoms with Gasteiger partial charge in [0.05, 0.1) is 10.6 Å². The van der Waals surface area contributed by atoms with Crippen molar-refractivity contribution in [3.63, 3.8) is 0 Å². The molecule has 5 rings (SSSR count). The van der Waals surface area contributed by atoms with Crippen molar-refractivity contribution in [2.75, 3.05) is 50.7 Å². The molecule has 3 heterocycles. The van der Waals surface area contributed by atoms with Crippen molar-refractivity contribution in [1.82, 2.24) is 15.1 Å². The number of aliphatic hydroxyl groups is 1. The molecule has 3 aliphatic heterocycles. The summed E-state index contributed by atoms with van der Waals surface area (Å²) in [5.74, 6) is -0.794. The number of likely N-dealkylation sites (tertiary alicyclic amines) is 2. The molecule has 2 aromatic rings. The van der Waals surface area contributed by atoms with E-state index in [0.717, 1.165) is 48.7 Å². The monoisotopic (exact) mass is 636 g/mol. The lowest BCUT2D eigenvalue weighted by molar-refractivity contribution is -0.262. The third kappa shape index (κ3) is 6.46. The zero-order valence-electron chi connectivity index (χ0n) is 24.1. The number of carbonyl (C=O) groups excluding carboxylic acids is 2. The first kappa shape index (κ1) is 31.9. The second-order valence-corrected chi connectivity index (χ2v) is 12.4. The van der Waals surface area contributed by atoms with Crippen molar-refractivity contribution in [3.8, 4) is 0 Å². The lowest BCUT2D eigenvalue weighted by Gasteiger charge is -2.42. The van der Waals surface area contributed by atoms with Crippen LogP contribution in [0, 0.1) is 17.8 Å². The van der Waals surface area contributed by atoms with Gasteiger partial charge in [0.25, 0.3) is 17.4 Å². The molecule has 0 saturated carbocycles. The van der Waals surface area contributed by atoms with Crippen LogP contribution in [-0.2, 0) is 10.4 Å². The Balaban J connectivity index is 1.11. The Morgan fingerprint density at radius 3 is 2.02 bits per heavy atom. The van der Waals surface area contributed by atoms with Gasteiger partial charge in [0.15, 0.2) is 0 Å². The van der Waals surface area contributed by atoms with Gasteiger partial charge < -0.3 is 30.2 Å². The molecule has 3 aliphatic rings.